The summed E-state index contributed by atoms with van der Waals surface area (Å²) in [4.78, 5) is 0. The molecule has 0 aromatic carbocycles. The molecule has 2 aliphatic carbocycles. The molecule has 2 aliphatic rings. The summed E-state index contributed by atoms with van der Waals surface area (Å²) in [6.07, 6.45) is 10.9. The van der Waals surface area contributed by atoms with E-state index in [2.05, 4.69) is 18.5 Å². The predicted molar refractivity (Wildman–Crippen MR) is 64.9 cm³/mol. The van der Waals surface area contributed by atoms with Gasteiger partial charge in [-0.25, -0.2) is 0 Å². The van der Waals surface area contributed by atoms with Crippen LogP contribution in [0, 0.1) is 5.92 Å². The van der Waals surface area contributed by atoms with Crippen molar-refractivity contribution in [2.75, 3.05) is 6.26 Å². The van der Waals surface area contributed by atoms with Crippen LogP contribution in [-0.2, 0) is 0 Å². The number of rotatable bonds is 5. The molecule has 82 valence electrons. The van der Waals surface area contributed by atoms with E-state index in [0.717, 1.165) is 23.3 Å². The minimum atomic E-state index is 0.758. The first-order valence-corrected chi connectivity index (χ1v) is 7.35. The SMILES string of the molecule is CSC1CCC(NC(C)CC2CC2)C1. The highest BCUT2D eigenvalue weighted by Crippen LogP contribution is 2.34. The molecule has 0 radical (unpaired) electrons. The lowest BCUT2D eigenvalue weighted by Gasteiger charge is -2.19. The van der Waals surface area contributed by atoms with Gasteiger partial charge in [0.05, 0.1) is 0 Å². The third-order valence-electron chi connectivity index (χ3n) is 3.62. The van der Waals surface area contributed by atoms with Gasteiger partial charge in [-0.1, -0.05) is 12.8 Å². The Hall–Kier alpha value is 0.310. The lowest BCUT2D eigenvalue weighted by molar-refractivity contribution is 0.418. The van der Waals surface area contributed by atoms with Gasteiger partial charge in [0.15, 0.2) is 0 Å². The zero-order valence-corrected chi connectivity index (χ0v) is 10.3. The van der Waals surface area contributed by atoms with Crippen molar-refractivity contribution in [3.8, 4) is 0 Å². The smallest absolute Gasteiger partial charge is 0.00804 e. The molecule has 2 saturated carbocycles. The van der Waals surface area contributed by atoms with E-state index in [1.807, 2.05) is 11.8 Å². The van der Waals surface area contributed by atoms with Gasteiger partial charge in [-0.3, -0.25) is 0 Å². The van der Waals surface area contributed by atoms with Crippen LogP contribution in [0.15, 0.2) is 0 Å². The fourth-order valence-corrected chi connectivity index (χ4v) is 3.43. The highest BCUT2D eigenvalue weighted by molar-refractivity contribution is 7.99. The average molecular weight is 213 g/mol. The average Bonchev–Trinajstić information content (AvgIpc) is 2.83. The van der Waals surface area contributed by atoms with Crippen molar-refractivity contribution in [2.24, 2.45) is 5.92 Å². The molecule has 0 bridgehead atoms. The third kappa shape index (κ3) is 3.16. The standard InChI is InChI=1S/C12H23NS/c1-9(7-10-3-4-10)13-11-5-6-12(8-11)14-2/h9-13H,3-8H2,1-2H3. The summed E-state index contributed by atoms with van der Waals surface area (Å²) in [5.41, 5.74) is 0. The second-order valence-corrected chi connectivity index (χ2v) is 6.25. The van der Waals surface area contributed by atoms with Gasteiger partial charge in [0.25, 0.3) is 0 Å². The van der Waals surface area contributed by atoms with Crippen LogP contribution in [0.1, 0.15) is 45.4 Å². The molecule has 0 aliphatic heterocycles. The molecule has 14 heavy (non-hydrogen) atoms. The Morgan fingerprint density at radius 3 is 2.64 bits per heavy atom. The van der Waals surface area contributed by atoms with Crippen LogP contribution in [0.4, 0.5) is 0 Å². The van der Waals surface area contributed by atoms with Gasteiger partial charge in [-0.15, -0.1) is 0 Å². The maximum Gasteiger partial charge on any atom is 0.00804 e. The summed E-state index contributed by atoms with van der Waals surface area (Å²) in [6, 6.07) is 1.58. The van der Waals surface area contributed by atoms with Crippen molar-refractivity contribution in [3.63, 3.8) is 0 Å². The summed E-state index contributed by atoms with van der Waals surface area (Å²) >= 11 is 2.05. The third-order valence-corrected chi connectivity index (χ3v) is 4.72. The van der Waals surface area contributed by atoms with Gasteiger partial charge in [-0.2, -0.15) is 11.8 Å². The fraction of sp³-hybridized carbons (Fsp3) is 1.00. The van der Waals surface area contributed by atoms with E-state index in [9.17, 15) is 0 Å². The number of hydrogen-bond donors (Lipinski definition) is 1. The molecule has 0 saturated heterocycles. The molecule has 1 N–H and O–H groups in total. The Bertz CT molecular complexity index is 179. The molecular formula is C12H23NS. The zero-order chi connectivity index (χ0) is 9.97. The van der Waals surface area contributed by atoms with Crippen LogP contribution in [0.3, 0.4) is 0 Å². The monoisotopic (exact) mass is 213 g/mol. The van der Waals surface area contributed by atoms with E-state index in [0.29, 0.717) is 0 Å². The lowest BCUT2D eigenvalue weighted by atomic mass is 10.1. The Morgan fingerprint density at radius 1 is 1.29 bits per heavy atom. The van der Waals surface area contributed by atoms with Gasteiger partial charge in [0.2, 0.25) is 0 Å². The maximum atomic E-state index is 3.80. The normalized spacial score (nSPS) is 34.7. The van der Waals surface area contributed by atoms with Crippen LogP contribution in [0.5, 0.6) is 0 Å². The van der Waals surface area contributed by atoms with E-state index in [4.69, 9.17) is 0 Å². The van der Waals surface area contributed by atoms with Gasteiger partial charge in [-0.05, 0) is 44.8 Å². The van der Waals surface area contributed by atoms with Crippen molar-refractivity contribution in [2.45, 2.75) is 62.8 Å². The molecular weight excluding hydrogens is 190 g/mol. The molecule has 2 heteroatoms. The molecule has 0 spiro atoms. The van der Waals surface area contributed by atoms with Crippen LogP contribution in [-0.4, -0.2) is 23.6 Å². The molecule has 0 amide bonds. The highest BCUT2D eigenvalue weighted by atomic mass is 32.2. The Morgan fingerprint density at radius 2 is 2.07 bits per heavy atom. The summed E-state index contributed by atoms with van der Waals surface area (Å²) in [5, 5.41) is 4.73. The number of hydrogen-bond acceptors (Lipinski definition) is 2. The summed E-state index contributed by atoms with van der Waals surface area (Å²) in [5.74, 6) is 1.07. The van der Waals surface area contributed by atoms with Crippen molar-refractivity contribution in [1.82, 2.24) is 5.32 Å². The van der Waals surface area contributed by atoms with Crippen molar-refractivity contribution < 1.29 is 0 Å². The summed E-state index contributed by atoms with van der Waals surface area (Å²) in [6.45, 7) is 2.37. The van der Waals surface area contributed by atoms with Crippen LogP contribution in [0.25, 0.3) is 0 Å². The molecule has 1 nitrogen and oxygen atoms in total. The zero-order valence-electron chi connectivity index (χ0n) is 9.46. The van der Waals surface area contributed by atoms with Gasteiger partial charge in [0, 0.05) is 17.3 Å². The van der Waals surface area contributed by atoms with Crippen molar-refractivity contribution in [1.29, 1.82) is 0 Å². The first-order valence-electron chi connectivity index (χ1n) is 6.06. The molecule has 0 aromatic rings. The maximum absolute atomic E-state index is 3.80. The molecule has 3 unspecified atom stereocenters. The number of thioether (sulfide) groups is 1. The Labute approximate surface area is 92.4 Å². The first-order chi connectivity index (χ1) is 6.78. The predicted octanol–water partition coefficient (Wildman–Crippen LogP) is 3.05. The Balaban J connectivity index is 1.64. The summed E-state index contributed by atoms with van der Waals surface area (Å²) < 4.78 is 0. The van der Waals surface area contributed by atoms with E-state index in [1.54, 1.807) is 0 Å². The van der Waals surface area contributed by atoms with E-state index in [-0.39, 0.29) is 0 Å². The fourth-order valence-electron chi connectivity index (χ4n) is 2.63. The second-order valence-electron chi connectivity index (χ2n) is 5.11. The molecule has 2 rings (SSSR count). The van der Waals surface area contributed by atoms with Gasteiger partial charge in [0.1, 0.15) is 0 Å². The van der Waals surface area contributed by atoms with E-state index < -0.39 is 0 Å². The topological polar surface area (TPSA) is 12.0 Å². The minimum Gasteiger partial charge on any atom is -0.311 e. The van der Waals surface area contributed by atoms with Crippen LogP contribution >= 0.6 is 11.8 Å². The van der Waals surface area contributed by atoms with E-state index in [1.165, 1.54) is 38.5 Å². The quantitative estimate of drug-likeness (QED) is 0.753. The van der Waals surface area contributed by atoms with Crippen LogP contribution in [0.2, 0.25) is 0 Å². The second kappa shape index (κ2) is 4.89. The van der Waals surface area contributed by atoms with E-state index >= 15 is 0 Å². The molecule has 2 fully saturated rings. The van der Waals surface area contributed by atoms with Crippen molar-refractivity contribution in [3.05, 3.63) is 0 Å². The molecule has 0 heterocycles. The lowest BCUT2D eigenvalue weighted by Crippen LogP contribution is -2.35. The molecule has 3 atom stereocenters. The largest absolute Gasteiger partial charge is 0.311 e. The minimum absolute atomic E-state index is 0.758. The van der Waals surface area contributed by atoms with Gasteiger partial charge >= 0.3 is 0 Å². The van der Waals surface area contributed by atoms with Crippen molar-refractivity contribution >= 4 is 11.8 Å². The molecule has 0 aromatic heterocycles. The summed E-state index contributed by atoms with van der Waals surface area (Å²) in [7, 11) is 0. The Kier molecular flexibility index (Phi) is 3.78. The van der Waals surface area contributed by atoms with Crippen LogP contribution < -0.4 is 5.32 Å². The highest BCUT2D eigenvalue weighted by Gasteiger charge is 2.27. The number of nitrogens with one attached hydrogen (secondary N) is 1. The van der Waals surface area contributed by atoms with Gasteiger partial charge < -0.3 is 5.32 Å². The first kappa shape index (κ1) is 10.8.